The second-order valence-electron chi connectivity index (χ2n) is 7.58. The second-order valence-corrected chi connectivity index (χ2v) is 7.99. The van der Waals surface area contributed by atoms with E-state index in [1.807, 2.05) is 6.07 Å². The summed E-state index contributed by atoms with van der Waals surface area (Å²) in [7, 11) is 3.15. The molecule has 2 aromatic heterocycles. The van der Waals surface area contributed by atoms with Crippen molar-refractivity contribution in [3.63, 3.8) is 0 Å². The van der Waals surface area contributed by atoms with E-state index in [9.17, 15) is 14.9 Å². The molecule has 9 nitrogen and oxygen atoms in total. The molecule has 4 rings (SSSR count). The lowest BCUT2D eigenvalue weighted by Gasteiger charge is -2.24. The number of rotatable bonds is 6. The van der Waals surface area contributed by atoms with Crippen molar-refractivity contribution in [2.75, 3.05) is 19.4 Å². The van der Waals surface area contributed by atoms with Gasteiger partial charge >= 0.3 is 6.09 Å². The molecule has 0 aliphatic rings. The number of aromatic nitrogens is 2. The first-order chi connectivity index (χ1) is 16.3. The zero-order valence-electron chi connectivity index (χ0n) is 18.3. The summed E-state index contributed by atoms with van der Waals surface area (Å²) in [6.45, 7) is 0. The van der Waals surface area contributed by atoms with Crippen molar-refractivity contribution in [2.24, 2.45) is 0 Å². The van der Waals surface area contributed by atoms with Crippen LogP contribution in [0.3, 0.4) is 0 Å². The molecule has 1 unspecified atom stereocenters. The van der Waals surface area contributed by atoms with Crippen LogP contribution in [0.1, 0.15) is 17.2 Å². The molecule has 34 heavy (non-hydrogen) atoms. The molecule has 10 heteroatoms. The van der Waals surface area contributed by atoms with Gasteiger partial charge in [0.15, 0.2) is 5.75 Å². The molecule has 4 aromatic rings. The Hall–Kier alpha value is -4.24. The van der Waals surface area contributed by atoms with Gasteiger partial charge in [0, 0.05) is 49.6 Å². The van der Waals surface area contributed by atoms with E-state index < -0.39 is 17.1 Å². The van der Waals surface area contributed by atoms with Gasteiger partial charge in [-0.15, -0.1) is 0 Å². The Kier molecular flexibility index (Phi) is 6.55. The second kappa shape index (κ2) is 9.72. The fraction of sp³-hybridized carbons (Fsp3) is 0.125. The normalized spacial score (nSPS) is 11.6. The molecule has 1 atom stereocenters. The van der Waals surface area contributed by atoms with Crippen molar-refractivity contribution in [3.05, 3.63) is 99.3 Å². The molecule has 0 saturated carbocycles. The number of nitrogens with zero attached hydrogens (tertiary/aromatic N) is 4. The van der Waals surface area contributed by atoms with E-state index in [2.05, 4.69) is 15.3 Å². The third-order valence-corrected chi connectivity index (χ3v) is 5.40. The van der Waals surface area contributed by atoms with E-state index >= 15 is 0 Å². The lowest BCUT2D eigenvalue weighted by Crippen LogP contribution is -2.26. The number of benzene rings is 2. The summed E-state index contributed by atoms with van der Waals surface area (Å²) in [5.74, 6) is 0.776. The molecule has 1 N–H and O–H groups in total. The number of nitro benzene ring substituents is 1. The van der Waals surface area contributed by atoms with Crippen molar-refractivity contribution >= 4 is 40.1 Å². The van der Waals surface area contributed by atoms with Crippen LogP contribution in [0.2, 0.25) is 5.02 Å². The van der Waals surface area contributed by atoms with Crippen LogP contribution in [0.25, 0.3) is 10.9 Å². The number of amides is 1. The molecule has 0 spiro atoms. The number of carbonyl (C=O) groups is 1. The summed E-state index contributed by atoms with van der Waals surface area (Å²) in [6.07, 6.45) is 2.63. The molecule has 0 saturated heterocycles. The summed E-state index contributed by atoms with van der Waals surface area (Å²) in [5, 5.41) is 15.5. The van der Waals surface area contributed by atoms with Gasteiger partial charge in [0.1, 0.15) is 11.3 Å². The van der Waals surface area contributed by atoms with Crippen LogP contribution in [-0.4, -0.2) is 40.0 Å². The number of anilines is 1. The van der Waals surface area contributed by atoms with Gasteiger partial charge in [0.05, 0.1) is 16.0 Å². The number of hydrogen-bond donors (Lipinski definition) is 1. The summed E-state index contributed by atoms with van der Waals surface area (Å²) < 4.78 is 5.77. The Bertz CT molecular complexity index is 1350. The lowest BCUT2D eigenvalue weighted by molar-refractivity contribution is -0.384. The van der Waals surface area contributed by atoms with Gasteiger partial charge in [-0.05, 0) is 48.0 Å². The number of ether oxygens (including phenoxy) is 1. The average Bonchev–Trinajstić information content (AvgIpc) is 2.85. The fourth-order valence-corrected chi connectivity index (χ4v) is 3.69. The minimum absolute atomic E-state index is 0.0437. The number of nitrogens with one attached hydrogen (secondary N) is 1. The standard InChI is InChI=1S/C24H20ClN5O4/c1-29(2)24(31)34-23-18(14-19(25)17-6-5-13-27-22(17)23)21(28-20-7-3-4-12-26-20)15-8-10-16(11-9-15)30(32)33/h3-14,21H,1-2H3,(H,26,28). The maximum atomic E-state index is 12.6. The number of nitro groups is 1. The highest BCUT2D eigenvalue weighted by molar-refractivity contribution is 6.35. The maximum Gasteiger partial charge on any atom is 0.414 e. The third kappa shape index (κ3) is 4.74. The first kappa shape index (κ1) is 22.9. The summed E-state index contributed by atoms with van der Waals surface area (Å²) in [4.78, 5) is 33.3. The van der Waals surface area contributed by atoms with Crippen molar-refractivity contribution in [1.82, 2.24) is 14.9 Å². The van der Waals surface area contributed by atoms with E-state index in [0.717, 1.165) is 0 Å². The van der Waals surface area contributed by atoms with E-state index in [4.69, 9.17) is 16.3 Å². The molecule has 0 bridgehead atoms. The van der Waals surface area contributed by atoms with Crippen LogP contribution >= 0.6 is 11.6 Å². The minimum atomic E-state index is -0.621. The molecule has 0 radical (unpaired) electrons. The summed E-state index contributed by atoms with van der Waals surface area (Å²) in [6, 6.07) is 16.1. The average molecular weight is 478 g/mol. The van der Waals surface area contributed by atoms with Gasteiger partial charge in [0.25, 0.3) is 5.69 Å². The van der Waals surface area contributed by atoms with E-state index in [1.165, 1.54) is 17.0 Å². The van der Waals surface area contributed by atoms with Crippen LogP contribution < -0.4 is 10.1 Å². The fourth-order valence-electron chi connectivity index (χ4n) is 3.42. The van der Waals surface area contributed by atoms with E-state index in [-0.39, 0.29) is 11.4 Å². The Morgan fingerprint density at radius 1 is 1.09 bits per heavy atom. The van der Waals surface area contributed by atoms with Crippen molar-refractivity contribution in [1.29, 1.82) is 0 Å². The molecule has 0 aliphatic carbocycles. The molecular formula is C24H20ClN5O4. The van der Waals surface area contributed by atoms with Gasteiger partial charge in [-0.1, -0.05) is 17.7 Å². The molecule has 1 amide bonds. The zero-order valence-corrected chi connectivity index (χ0v) is 19.1. The van der Waals surface area contributed by atoms with E-state index in [0.29, 0.717) is 32.9 Å². The molecule has 172 valence electrons. The predicted octanol–water partition coefficient (Wildman–Crippen LogP) is 5.45. The van der Waals surface area contributed by atoms with Crippen LogP contribution in [0.15, 0.2) is 73.1 Å². The van der Waals surface area contributed by atoms with Gasteiger partial charge < -0.3 is 15.0 Å². The van der Waals surface area contributed by atoms with Crippen LogP contribution in [-0.2, 0) is 0 Å². The highest BCUT2D eigenvalue weighted by Crippen LogP contribution is 2.41. The molecule has 2 aromatic carbocycles. The molecule has 0 aliphatic heterocycles. The van der Waals surface area contributed by atoms with Gasteiger partial charge in [-0.25, -0.2) is 9.78 Å². The largest absolute Gasteiger partial charge is 0.414 e. The Balaban J connectivity index is 1.93. The highest BCUT2D eigenvalue weighted by Gasteiger charge is 2.26. The predicted molar refractivity (Wildman–Crippen MR) is 129 cm³/mol. The van der Waals surface area contributed by atoms with Crippen molar-refractivity contribution in [2.45, 2.75) is 6.04 Å². The molecule has 0 fully saturated rings. The summed E-state index contributed by atoms with van der Waals surface area (Å²) >= 11 is 6.61. The van der Waals surface area contributed by atoms with Gasteiger partial charge in [0.2, 0.25) is 0 Å². The minimum Gasteiger partial charge on any atom is -0.407 e. The number of halogens is 1. The SMILES string of the molecule is CN(C)C(=O)Oc1c(C(Nc2ccccn2)c2ccc([N+](=O)[O-])cc2)cc(Cl)c2cccnc12. The number of carbonyl (C=O) groups excluding carboxylic acids is 1. The first-order valence-electron chi connectivity index (χ1n) is 10.2. The smallest absolute Gasteiger partial charge is 0.407 e. The van der Waals surface area contributed by atoms with E-state index in [1.54, 1.807) is 69.0 Å². The number of non-ortho nitro benzene ring substituents is 1. The van der Waals surface area contributed by atoms with Crippen molar-refractivity contribution < 1.29 is 14.5 Å². The van der Waals surface area contributed by atoms with Gasteiger partial charge in [-0.2, -0.15) is 0 Å². The zero-order chi connectivity index (χ0) is 24.2. The third-order valence-electron chi connectivity index (χ3n) is 5.08. The Labute approximate surface area is 200 Å². The monoisotopic (exact) mass is 477 g/mol. The topological polar surface area (TPSA) is 110 Å². The molecular weight excluding hydrogens is 458 g/mol. The molecule has 2 heterocycles. The maximum absolute atomic E-state index is 12.6. The van der Waals surface area contributed by atoms with Crippen LogP contribution in [0.4, 0.5) is 16.3 Å². The summed E-state index contributed by atoms with van der Waals surface area (Å²) in [5.41, 5.74) is 1.56. The number of pyridine rings is 2. The highest BCUT2D eigenvalue weighted by atomic mass is 35.5. The van der Waals surface area contributed by atoms with Crippen molar-refractivity contribution in [3.8, 4) is 5.75 Å². The first-order valence-corrected chi connectivity index (χ1v) is 10.6. The number of hydrogen-bond acceptors (Lipinski definition) is 7. The van der Waals surface area contributed by atoms with Gasteiger partial charge in [-0.3, -0.25) is 15.1 Å². The Morgan fingerprint density at radius 2 is 1.82 bits per heavy atom. The quantitative estimate of drug-likeness (QED) is 0.290. The lowest BCUT2D eigenvalue weighted by atomic mass is 9.95. The number of fused-ring (bicyclic) bond motifs is 1. The van der Waals surface area contributed by atoms with Crippen LogP contribution in [0.5, 0.6) is 5.75 Å². The van der Waals surface area contributed by atoms with Crippen LogP contribution in [0, 0.1) is 10.1 Å². The Morgan fingerprint density at radius 3 is 2.47 bits per heavy atom.